The third-order valence-electron chi connectivity index (χ3n) is 2.48. The maximum Gasteiger partial charge on any atom is 0.326 e. The molecule has 0 aromatic carbocycles. The average Bonchev–Trinajstić information content (AvgIpc) is 2.31. The van der Waals surface area contributed by atoms with Crippen LogP contribution in [0.3, 0.4) is 0 Å². The van der Waals surface area contributed by atoms with Gasteiger partial charge in [-0.1, -0.05) is 0 Å². The molecule has 1 unspecified atom stereocenters. The van der Waals surface area contributed by atoms with Crippen molar-refractivity contribution in [2.24, 2.45) is 10.8 Å². The first-order chi connectivity index (χ1) is 8.81. The van der Waals surface area contributed by atoms with E-state index in [4.69, 9.17) is 10.8 Å². The molecule has 0 aromatic heterocycles. The Morgan fingerprint density at radius 2 is 2.11 bits per heavy atom. The highest BCUT2D eigenvalue weighted by atomic mass is 16.4. The van der Waals surface area contributed by atoms with Crippen LogP contribution in [0.4, 0.5) is 0 Å². The first kappa shape index (κ1) is 14.6. The van der Waals surface area contributed by atoms with E-state index >= 15 is 0 Å². The summed E-state index contributed by atoms with van der Waals surface area (Å²) in [5, 5.41) is 15.7. The Morgan fingerprint density at radius 1 is 1.47 bits per heavy atom. The molecule has 1 heterocycles. The first-order valence-corrected chi connectivity index (χ1v) is 5.47. The van der Waals surface area contributed by atoms with Gasteiger partial charge in [0.2, 0.25) is 11.8 Å². The van der Waals surface area contributed by atoms with Gasteiger partial charge in [-0.25, -0.2) is 9.80 Å². The molecule has 0 radical (unpaired) electrons. The minimum absolute atomic E-state index is 0.0396. The van der Waals surface area contributed by atoms with Gasteiger partial charge in [0, 0.05) is 19.9 Å². The Bertz CT molecular complexity index is 459. The van der Waals surface area contributed by atoms with Gasteiger partial charge in [0.1, 0.15) is 11.8 Å². The van der Waals surface area contributed by atoms with E-state index in [1.54, 1.807) is 0 Å². The highest BCUT2D eigenvalue weighted by Gasteiger charge is 2.27. The number of primary amides is 1. The molecule has 0 saturated carbocycles. The van der Waals surface area contributed by atoms with Crippen LogP contribution in [0.1, 0.15) is 19.3 Å². The number of nitrogens with two attached hydrogens (primary N) is 1. The van der Waals surface area contributed by atoms with E-state index in [9.17, 15) is 19.2 Å². The normalized spacial score (nSPS) is 16.6. The van der Waals surface area contributed by atoms with Crippen molar-refractivity contribution >= 4 is 29.4 Å². The van der Waals surface area contributed by atoms with E-state index in [0.717, 1.165) is 5.01 Å². The topological polar surface area (TPSA) is 142 Å². The number of rotatable bonds is 5. The summed E-state index contributed by atoms with van der Waals surface area (Å²) in [5.74, 6) is -3.17. The second kappa shape index (κ2) is 5.94. The monoisotopic (exact) mass is 270 g/mol. The molecule has 0 bridgehead atoms. The van der Waals surface area contributed by atoms with Gasteiger partial charge in [0.25, 0.3) is 5.91 Å². The fourth-order valence-electron chi connectivity index (χ4n) is 1.48. The van der Waals surface area contributed by atoms with Crippen LogP contribution < -0.4 is 11.1 Å². The number of nitrogens with zero attached hydrogens (tertiary/aromatic N) is 2. The predicted molar refractivity (Wildman–Crippen MR) is 62.8 cm³/mol. The number of hydrogen-bond acceptors (Lipinski definition) is 5. The molecule has 9 nitrogen and oxygen atoms in total. The summed E-state index contributed by atoms with van der Waals surface area (Å²) in [6.07, 6.45) is -0.267. The summed E-state index contributed by atoms with van der Waals surface area (Å²) in [5.41, 5.74) is 4.93. The third-order valence-corrected chi connectivity index (χ3v) is 2.48. The molecule has 19 heavy (non-hydrogen) atoms. The van der Waals surface area contributed by atoms with Crippen molar-refractivity contribution in [1.82, 2.24) is 10.3 Å². The molecule has 3 amide bonds. The lowest BCUT2D eigenvalue weighted by Crippen LogP contribution is -2.47. The smallest absolute Gasteiger partial charge is 0.326 e. The highest BCUT2D eigenvalue weighted by Crippen LogP contribution is 2.07. The first-order valence-electron chi connectivity index (χ1n) is 5.47. The lowest BCUT2D eigenvalue weighted by molar-refractivity contribution is -0.142. The zero-order valence-corrected chi connectivity index (χ0v) is 10.3. The van der Waals surface area contributed by atoms with Crippen LogP contribution in [0.25, 0.3) is 0 Å². The molecule has 0 aliphatic carbocycles. The van der Waals surface area contributed by atoms with Crippen LogP contribution in [-0.4, -0.2) is 52.6 Å². The molecule has 0 aromatic rings. The lowest BCUT2D eigenvalue weighted by atomic mass is 10.1. The molecule has 9 heteroatoms. The van der Waals surface area contributed by atoms with E-state index in [1.807, 2.05) is 0 Å². The standard InChI is InChI=1S/C10H14N4O5/c1-14-8(16)3-2-5(13-14)9(17)12-6(10(18)19)4-7(11)15/h6H,2-4H2,1H3,(H2,11,15)(H,12,17)(H,18,19). The Kier molecular flexibility index (Phi) is 4.56. The maximum absolute atomic E-state index is 11.8. The number of aliphatic carboxylic acids is 1. The lowest BCUT2D eigenvalue weighted by Gasteiger charge is -2.20. The molecule has 1 atom stereocenters. The number of carbonyl (C=O) groups excluding carboxylic acids is 3. The second-order valence-corrected chi connectivity index (χ2v) is 4.00. The molecule has 104 valence electrons. The van der Waals surface area contributed by atoms with Gasteiger partial charge in [-0.05, 0) is 0 Å². The largest absolute Gasteiger partial charge is 0.480 e. The quantitative estimate of drug-likeness (QED) is 0.531. The number of hydrazone groups is 1. The summed E-state index contributed by atoms with van der Waals surface area (Å²) in [7, 11) is 1.40. The summed E-state index contributed by atoms with van der Waals surface area (Å²) in [4.78, 5) is 44.5. The SMILES string of the molecule is CN1N=C(C(=O)NC(CC(N)=O)C(=O)O)CCC1=O. The van der Waals surface area contributed by atoms with Gasteiger partial charge in [-0.15, -0.1) is 0 Å². The van der Waals surface area contributed by atoms with Crippen molar-refractivity contribution in [3.8, 4) is 0 Å². The molecule has 4 N–H and O–H groups in total. The van der Waals surface area contributed by atoms with Crippen molar-refractivity contribution < 1.29 is 24.3 Å². The van der Waals surface area contributed by atoms with E-state index < -0.39 is 30.2 Å². The minimum Gasteiger partial charge on any atom is -0.480 e. The molecule has 1 aliphatic heterocycles. The van der Waals surface area contributed by atoms with Crippen molar-refractivity contribution in [2.75, 3.05) is 7.05 Å². The predicted octanol–water partition coefficient (Wildman–Crippen LogP) is -1.96. The fourth-order valence-corrected chi connectivity index (χ4v) is 1.48. The van der Waals surface area contributed by atoms with Crippen LogP contribution in [0.5, 0.6) is 0 Å². The number of amides is 3. The molecule has 0 saturated heterocycles. The van der Waals surface area contributed by atoms with Crippen LogP contribution in [0.15, 0.2) is 5.10 Å². The van der Waals surface area contributed by atoms with Gasteiger partial charge in [0.05, 0.1) is 6.42 Å². The van der Waals surface area contributed by atoms with Crippen LogP contribution in [0, 0.1) is 0 Å². The Hall–Kier alpha value is -2.45. The summed E-state index contributed by atoms with van der Waals surface area (Å²) < 4.78 is 0. The zero-order valence-electron chi connectivity index (χ0n) is 10.3. The van der Waals surface area contributed by atoms with Crippen LogP contribution >= 0.6 is 0 Å². The number of hydrogen-bond donors (Lipinski definition) is 3. The second-order valence-electron chi connectivity index (χ2n) is 4.00. The van der Waals surface area contributed by atoms with Gasteiger partial charge in [0.15, 0.2) is 0 Å². The number of carboxylic acids is 1. The van der Waals surface area contributed by atoms with E-state index in [-0.39, 0.29) is 24.5 Å². The third kappa shape index (κ3) is 4.05. The number of carboxylic acid groups (broad SMARTS) is 1. The number of nitrogens with one attached hydrogen (secondary N) is 1. The minimum atomic E-state index is -1.41. The van der Waals surface area contributed by atoms with Gasteiger partial charge < -0.3 is 16.2 Å². The molecule has 1 rings (SSSR count). The average molecular weight is 270 g/mol. The Balaban J connectivity index is 2.72. The van der Waals surface area contributed by atoms with E-state index in [0.29, 0.717) is 0 Å². The van der Waals surface area contributed by atoms with E-state index in [1.165, 1.54) is 7.05 Å². The molecular weight excluding hydrogens is 256 g/mol. The van der Waals surface area contributed by atoms with Crippen molar-refractivity contribution in [3.05, 3.63) is 0 Å². The Morgan fingerprint density at radius 3 is 2.58 bits per heavy atom. The summed E-state index contributed by atoms with van der Waals surface area (Å²) in [6, 6.07) is -1.41. The molecule has 0 spiro atoms. The van der Waals surface area contributed by atoms with Gasteiger partial charge in [-0.3, -0.25) is 14.4 Å². The summed E-state index contributed by atoms with van der Waals surface area (Å²) in [6.45, 7) is 0. The van der Waals surface area contributed by atoms with Crippen molar-refractivity contribution in [1.29, 1.82) is 0 Å². The van der Waals surface area contributed by atoms with Crippen molar-refractivity contribution in [2.45, 2.75) is 25.3 Å². The zero-order chi connectivity index (χ0) is 14.6. The number of carbonyl (C=O) groups is 4. The molecule has 0 fully saturated rings. The Labute approximate surface area is 108 Å². The highest BCUT2D eigenvalue weighted by molar-refractivity contribution is 6.39. The summed E-state index contributed by atoms with van der Waals surface area (Å²) >= 11 is 0. The van der Waals surface area contributed by atoms with Crippen LogP contribution in [-0.2, 0) is 19.2 Å². The van der Waals surface area contributed by atoms with Gasteiger partial charge in [-0.2, -0.15) is 5.10 Å². The van der Waals surface area contributed by atoms with Crippen LogP contribution in [0.2, 0.25) is 0 Å². The van der Waals surface area contributed by atoms with Gasteiger partial charge >= 0.3 is 5.97 Å². The fraction of sp³-hybridized carbons (Fsp3) is 0.500. The maximum atomic E-state index is 11.8. The van der Waals surface area contributed by atoms with E-state index in [2.05, 4.69) is 10.4 Å². The molecule has 1 aliphatic rings. The van der Waals surface area contributed by atoms with Crippen molar-refractivity contribution in [3.63, 3.8) is 0 Å². The molecular formula is C10H14N4O5.